The van der Waals surface area contributed by atoms with Crippen LogP contribution in [0.15, 0.2) is 35.7 Å². The van der Waals surface area contributed by atoms with Crippen LogP contribution in [0.25, 0.3) is 10.4 Å². The van der Waals surface area contributed by atoms with Crippen LogP contribution < -0.4 is 0 Å². The van der Waals surface area contributed by atoms with E-state index in [1.165, 1.54) is 21.6 Å². The summed E-state index contributed by atoms with van der Waals surface area (Å²) in [6, 6.07) is 10.9. The van der Waals surface area contributed by atoms with E-state index in [1.54, 1.807) is 11.3 Å². The lowest BCUT2D eigenvalue weighted by atomic mass is 10.1. The maximum absolute atomic E-state index is 2.23. The van der Waals surface area contributed by atoms with E-state index in [2.05, 4.69) is 49.6 Å². The predicted octanol–water partition coefficient (Wildman–Crippen LogP) is 4.03. The zero-order valence-corrected chi connectivity index (χ0v) is 8.69. The number of benzene rings is 1. The summed E-state index contributed by atoms with van der Waals surface area (Å²) in [6.45, 7) is 4.29. The maximum Gasteiger partial charge on any atom is 0.0342 e. The van der Waals surface area contributed by atoms with Crippen LogP contribution in [-0.2, 0) is 0 Å². The first-order chi connectivity index (χ1) is 6.25. The summed E-state index contributed by atoms with van der Waals surface area (Å²) < 4.78 is 0. The molecule has 0 radical (unpaired) electrons. The standard InChI is InChI=1S/C12H12S/c1-9-6-10(2)8-11(7-9)12-4-3-5-13-12/h3-8H,1-2H3. The molecule has 0 spiro atoms. The van der Waals surface area contributed by atoms with E-state index >= 15 is 0 Å². The van der Waals surface area contributed by atoms with Crippen molar-refractivity contribution >= 4 is 11.3 Å². The van der Waals surface area contributed by atoms with E-state index in [9.17, 15) is 0 Å². The number of thiophene rings is 1. The summed E-state index contributed by atoms with van der Waals surface area (Å²) in [5.41, 5.74) is 4.01. The van der Waals surface area contributed by atoms with Crippen LogP contribution in [0.5, 0.6) is 0 Å². The molecule has 0 bridgehead atoms. The van der Waals surface area contributed by atoms with Gasteiger partial charge in [-0.15, -0.1) is 11.3 Å². The van der Waals surface area contributed by atoms with Crippen molar-refractivity contribution in [3.63, 3.8) is 0 Å². The molecule has 1 heterocycles. The number of aryl methyl sites for hydroxylation is 2. The first-order valence-corrected chi connectivity index (χ1v) is 5.26. The average Bonchev–Trinajstić information content (AvgIpc) is 2.53. The molecule has 2 rings (SSSR count). The van der Waals surface area contributed by atoms with E-state index < -0.39 is 0 Å². The highest BCUT2D eigenvalue weighted by Crippen LogP contribution is 2.26. The van der Waals surface area contributed by atoms with Gasteiger partial charge >= 0.3 is 0 Å². The van der Waals surface area contributed by atoms with Gasteiger partial charge in [0.15, 0.2) is 0 Å². The highest BCUT2D eigenvalue weighted by Gasteiger charge is 1.99. The molecule has 1 aromatic carbocycles. The molecule has 0 aliphatic rings. The molecule has 0 nitrogen and oxygen atoms in total. The van der Waals surface area contributed by atoms with Gasteiger partial charge in [-0.25, -0.2) is 0 Å². The Morgan fingerprint density at radius 2 is 1.69 bits per heavy atom. The van der Waals surface area contributed by atoms with E-state index in [4.69, 9.17) is 0 Å². The van der Waals surface area contributed by atoms with Gasteiger partial charge < -0.3 is 0 Å². The van der Waals surface area contributed by atoms with Crippen LogP contribution in [0.1, 0.15) is 11.1 Å². The fourth-order valence-electron chi connectivity index (χ4n) is 1.56. The van der Waals surface area contributed by atoms with Crippen molar-refractivity contribution in [3.8, 4) is 10.4 Å². The second-order valence-electron chi connectivity index (χ2n) is 3.35. The van der Waals surface area contributed by atoms with Crippen LogP contribution in [0.4, 0.5) is 0 Å². The molecule has 1 heteroatoms. The third kappa shape index (κ3) is 1.81. The Bertz CT molecular complexity index is 379. The van der Waals surface area contributed by atoms with Gasteiger partial charge in [0.25, 0.3) is 0 Å². The lowest BCUT2D eigenvalue weighted by Crippen LogP contribution is -1.79. The van der Waals surface area contributed by atoms with E-state index in [0.717, 1.165) is 0 Å². The molecule has 0 amide bonds. The summed E-state index contributed by atoms with van der Waals surface area (Å²) >= 11 is 1.79. The Kier molecular flexibility index (Phi) is 2.19. The van der Waals surface area contributed by atoms with Gasteiger partial charge in [0.1, 0.15) is 0 Å². The maximum atomic E-state index is 2.23. The van der Waals surface area contributed by atoms with Crippen molar-refractivity contribution in [1.29, 1.82) is 0 Å². The van der Waals surface area contributed by atoms with Gasteiger partial charge in [-0.2, -0.15) is 0 Å². The zero-order chi connectivity index (χ0) is 9.26. The predicted molar refractivity (Wildman–Crippen MR) is 59.2 cm³/mol. The molecule has 0 atom stereocenters. The summed E-state index contributed by atoms with van der Waals surface area (Å²) in [7, 11) is 0. The molecule has 0 aliphatic heterocycles. The molecular formula is C12H12S. The van der Waals surface area contributed by atoms with Crippen molar-refractivity contribution < 1.29 is 0 Å². The summed E-state index contributed by atoms with van der Waals surface area (Å²) in [4.78, 5) is 1.35. The first-order valence-electron chi connectivity index (χ1n) is 4.38. The molecule has 0 saturated heterocycles. The molecule has 1 aromatic heterocycles. The zero-order valence-electron chi connectivity index (χ0n) is 7.87. The molecule has 2 aromatic rings. The monoisotopic (exact) mass is 188 g/mol. The van der Waals surface area contributed by atoms with Gasteiger partial charge in [-0.05, 0) is 30.9 Å². The quantitative estimate of drug-likeness (QED) is 0.633. The topological polar surface area (TPSA) is 0 Å². The summed E-state index contributed by atoms with van der Waals surface area (Å²) in [5, 5.41) is 2.12. The van der Waals surface area contributed by atoms with Crippen molar-refractivity contribution in [2.75, 3.05) is 0 Å². The Morgan fingerprint density at radius 1 is 1.00 bits per heavy atom. The Morgan fingerprint density at radius 3 is 2.23 bits per heavy atom. The minimum atomic E-state index is 1.34. The van der Waals surface area contributed by atoms with Crippen molar-refractivity contribution in [1.82, 2.24) is 0 Å². The van der Waals surface area contributed by atoms with E-state index in [0.29, 0.717) is 0 Å². The first kappa shape index (κ1) is 8.52. The van der Waals surface area contributed by atoms with Crippen LogP contribution >= 0.6 is 11.3 Å². The summed E-state index contributed by atoms with van der Waals surface area (Å²) in [5.74, 6) is 0. The van der Waals surface area contributed by atoms with Gasteiger partial charge in [-0.1, -0.05) is 35.4 Å². The molecular weight excluding hydrogens is 176 g/mol. The van der Waals surface area contributed by atoms with Crippen molar-refractivity contribution in [2.45, 2.75) is 13.8 Å². The molecule has 0 saturated carbocycles. The third-order valence-corrected chi connectivity index (χ3v) is 2.95. The number of rotatable bonds is 1. The average molecular weight is 188 g/mol. The molecule has 0 N–H and O–H groups in total. The van der Waals surface area contributed by atoms with Crippen molar-refractivity contribution in [3.05, 3.63) is 46.8 Å². The highest BCUT2D eigenvalue weighted by molar-refractivity contribution is 7.13. The van der Waals surface area contributed by atoms with Gasteiger partial charge in [0.2, 0.25) is 0 Å². The van der Waals surface area contributed by atoms with E-state index in [1.807, 2.05) is 0 Å². The molecule has 0 unspecified atom stereocenters. The lowest BCUT2D eigenvalue weighted by molar-refractivity contribution is 1.39. The molecule has 0 fully saturated rings. The van der Waals surface area contributed by atoms with Crippen LogP contribution in [-0.4, -0.2) is 0 Å². The highest BCUT2D eigenvalue weighted by atomic mass is 32.1. The normalized spacial score (nSPS) is 10.3. The van der Waals surface area contributed by atoms with Crippen LogP contribution in [0.3, 0.4) is 0 Å². The second-order valence-corrected chi connectivity index (χ2v) is 4.30. The second kappa shape index (κ2) is 3.35. The lowest BCUT2D eigenvalue weighted by Gasteiger charge is -2.01. The van der Waals surface area contributed by atoms with Gasteiger partial charge in [0.05, 0.1) is 0 Å². The minimum absolute atomic E-state index is 1.34. The minimum Gasteiger partial charge on any atom is -0.144 e. The van der Waals surface area contributed by atoms with Gasteiger partial charge in [0, 0.05) is 4.88 Å². The largest absolute Gasteiger partial charge is 0.144 e. The fraction of sp³-hybridized carbons (Fsp3) is 0.167. The smallest absolute Gasteiger partial charge is 0.0342 e. The van der Waals surface area contributed by atoms with Gasteiger partial charge in [-0.3, -0.25) is 0 Å². The number of hydrogen-bond acceptors (Lipinski definition) is 1. The fourth-order valence-corrected chi connectivity index (χ4v) is 2.27. The molecule has 66 valence electrons. The Labute approximate surface area is 82.9 Å². The summed E-state index contributed by atoms with van der Waals surface area (Å²) in [6.07, 6.45) is 0. The van der Waals surface area contributed by atoms with Crippen LogP contribution in [0, 0.1) is 13.8 Å². The number of hydrogen-bond donors (Lipinski definition) is 0. The molecule has 13 heavy (non-hydrogen) atoms. The van der Waals surface area contributed by atoms with Crippen LogP contribution in [0.2, 0.25) is 0 Å². The van der Waals surface area contributed by atoms with E-state index in [-0.39, 0.29) is 0 Å². The Hall–Kier alpha value is -1.08. The SMILES string of the molecule is Cc1cc(C)cc(-c2cccs2)c1. The Balaban J connectivity index is 2.53. The third-order valence-electron chi connectivity index (χ3n) is 2.03. The van der Waals surface area contributed by atoms with Crippen molar-refractivity contribution in [2.24, 2.45) is 0 Å². The molecule has 0 aliphatic carbocycles.